The fraction of sp³-hybridized carbons (Fsp3) is 0.348. The highest BCUT2D eigenvalue weighted by atomic mass is 19.1. The van der Waals surface area contributed by atoms with Gasteiger partial charge in [0.2, 0.25) is 0 Å². The van der Waals surface area contributed by atoms with Crippen LogP contribution in [0.3, 0.4) is 0 Å². The van der Waals surface area contributed by atoms with Crippen molar-refractivity contribution in [2.75, 3.05) is 18.5 Å². The number of anilines is 1. The molecule has 4 rings (SSSR count). The highest BCUT2D eigenvalue weighted by Gasteiger charge is 2.25. The third kappa shape index (κ3) is 3.90. The Hall–Kier alpha value is -3.26. The molecule has 1 aliphatic heterocycles. The van der Waals surface area contributed by atoms with Crippen molar-refractivity contribution in [2.45, 2.75) is 32.2 Å². The quantitative estimate of drug-likeness (QED) is 0.647. The second kappa shape index (κ2) is 8.11. The molecule has 0 saturated carbocycles. The minimum absolute atomic E-state index is 0.0511. The Bertz CT molecular complexity index is 1230. The third-order valence-corrected chi connectivity index (χ3v) is 5.73. The number of nitrogens with one attached hydrogen (secondary N) is 1. The van der Waals surface area contributed by atoms with Crippen LogP contribution in [0, 0.1) is 12.7 Å². The van der Waals surface area contributed by atoms with Crippen LogP contribution in [-0.4, -0.2) is 33.8 Å². The van der Waals surface area contributed by atoms with Gasteiger partial charge in [-0.15, -0.1) is 0 Å². The molecule has 1 unspecified atom stereocenters. The Kier molecular flexibility index (Phi) is 5.49. The van der Waals surface area contributed by atoms with Crippen LogP contribution in [0.2, 0.25) is 0 Å². The van der Waals surface area contributed by atoms with E-state index in [9.17, 15) is 19.1 Å². The molecule has 2 N–H and O–H groups in total. The summed E-state index contributed by atoms with van der Waals surface area (Å²) in [5.41, 5.74) is 2.26. The minimum atomic E-state index is -1.22. The highest BCUT2D eigenvalue weighted by Crippen LogP contribution is 2.30. The van der Waals surface area contributed by atoms with Gasteiger partial charge >= 0.3 is 5.97 Å². The molecular formula is C23H24FN3O4. The molecule has 1 aliphatic rings. The summed E-state index contributed by atoms with van der Waals surface area (Å²) in [5.74, 6) is -1.11. The fourth-order valence-electron chi connectivity index (χ4n) is 4.13. The maximum Gasteiger partial charge on any atom is 0.337 e. The topological polar surface area (TPSA) is 93.4 Å². The number of nitrogens with zero attached hydrogens (tertiary/aromatic N) is 2. The van der Waals surface area contributed by atoms with Gasteiger partial charge in [0.25, 0.3) is 5.56 Å². The first-order valence-corrected chi connectivity index (χ1v) is 10.1. The maximum absolute atomic E-state index is 13.6. The Morgan fingerprint density at radius 2 is 2.13 bits per heavy atom. The van der Waals surface area contributed by atoms with E-state index in [4.69, 9.17) is 9.72 Å². The van der Waals surface area contributed by atoms with Gasteiger partial charge in [0.05, 0.1) is 29.1 Å². The van der Waals surface area contributed by atoms with Gasteiger partial charge in [-0.05, 0) is 50.1 Å². The third-order valence-electron chi connectivity index (χ3n) is 5.73. The normalized spacial score (nSPS) is 17.1. The summed E-state index contributed by atoms with van der Waals surface area (Å²) >= 11 is 0. The van der Waals surface area contributed by atoms with Crippen LogP contribution in [0.4, 0.5) is 10.1 Å². The van der Waals surface area contributed by atoms with Crippen molar-refractivity contribution in [1.82, 2.24) is 9.55 Å². The molecule has 0 aliphatic carbocycles. The van der Waals surface area contributed by atoms with Crippen LogP contribution in [-0.2, 0) is 11.8 Å². The number of aryl methyl sites for hydroxylation is 1. The van der Waals surface area contributed by atoms with E-state index in [0.717, 1.165) is 23.6 Å². The second-order valence-electron chi connectivity index (χ2n) is 8.01. The van der Waals surface area contributed by atoms with Gasteiger partial charge in [-0.2, -0.15) is 0 Å². The number of rotatable bonds is 5. The number of carboxylic acid groups (broad SMARTS) is 1. The molecule has 162 valence electrons. The monoisotopic (exact) mass is 425 g/mol. The van der Waals surface area contributed by atoms with Gasteiger partial charge in [-0.1, -0.05) is 6.07 Å². The number of aromatic nitrogens is 2. The van der Waals surface area contributed by atoms with Crippen molar-refractivity contribution in [2.24, 2.45) is 7.05 Å². The summed E-state index contributed by atoms with van der Waals surface area (Å²) in [4.78, 5) is 29.5. The fourth-order valence-corrected chi connectivity index (χ4v) is 4.13. The molecule has 1 aromatic heterocycles. The van der Waals surface area contributed by atoms with Crippen LogP contribution in [0.5, 0.6) is 0 Å². The van der Waals surface area contributed by atoms with Crippen molar-refractivity contribution >= 4 is 22.6 Å². The lowest BCUT2D eigenvalue weighted by atomic mass is 9.99. The number of fused-ring (bicyclic) bond motifs is 1. The predicted octanol–water partition coefficient (Wildman–Crippen LogP) is 3.76. The number of benzene rings is 2. The van der Waals surface area contributed by atoms with Crippen molar-refractivity contribution in [3.8, 4) is 0 Å². The van der Waals surface area contributed by atoms with Gasteiger partial charge in [0.1, 0.15) is 11.6 Å². The van der Waals surface area contributed by atoms with Crippen molar-refractivity contribution in [3.63, 3.8) is 0 Å². The SMILES string of the molecule is Cc1cc([C@@H](C)Nc2ccc(F)cc2C(=O)O)c2nc(C3CCOC3)n(C)c(=O)c2c1. The zero-order chi connectivity index (χ0) is 22.3. The number of carbonyl (C=O) groups is 1. The molecule has 0 radical (unpaired) electrons. The number of hydrogen-bond acceptors (Lipinski definition) is 5. The minimum Gasteiger partial charge on any atom is -0.478 e. The number of ether oxygens (including phenoxy) is 1. The first-order chi connectivity index (χ1) is 14.8. The Labute approximate surface area is 178 Å². The van der Waals surface area contributed by atoms with E-state index in [2.05, 4.69) is 5.32 Å². The van der Waals surface area contributed by atoms with E-state index < -0.39 is 11.8 Å². The lowest BCUT2D eigenvalue weighted by Gasteiger charge is -2.21. The van der Waals surface area contributed by atoms with E-state index >= 15 is 0 Å². The molecular weight excluding hydrogens is 401 g/mol. The second-order valence-corrected chi connectivity index (χ2v) is 8.01. The van der Waals surface area contributed by atoms with Gasteiger partial charge < -0.3 is 15.2 Å². The molecule has 2 atom stereocenters. The van der Waals surface area contributed by atoms with Crippen molar-refractivity contribution in [3.05, 3.63) is 69.0 Å². The molecule has 0 bridgehead atoms. The summed E-state index contributed by atoms with van der Waals surface area (Å²) < 4.78 is 20.6. The summed E-state index contributed by atoms with van der Waals surface area (Å²) in [6.07, 6.45) is 0.804. The molecule has 0 amide bonds. The zero-order valence-electron chi connectivity index (χ0n) is 17.6. The predicted molar refractivity (Wildman–Crippen MR) is 115 cm³/mol. The van der Waals surface area contributed by atoms with E-state index in [0.29, 0.717) is 35.6 Å². The lowest BCUT2D eigenvalue weighted by Crippen LogP contribution is -2.25. The number of carboxylic acids is 1. The molecule has 0 spiro atoms. The van der Waals surface area contributed by atoms with Crippen molar-refractivity contribution < 1.29 is 19.0 Å². The highest BCUT2D eigenvalue weighted by molar-refractivity contribution is 5.94. The first-order valence-electron chi connectivity index (χ1n) is 10.1. The maximum atomic E-state index is 13.6. The molecule has 8 heteroatoms. The molecule has 1 fully saturated rings. The number of halogens is 1. The van der Waals surface area contributed by atoms with Crippen LogP contribution >= 0.6 is 0 Å². The zero-order valence-corrected chi connectivity index (χ0v) is 17.6. The summed E-state index contributed by atoms with van der Waals surface area (Å²) in [5, 5.41) is 13.1. The van der Waals surface area contributed by atoms with E-state index in [1.54, 1.807) is 11.6 Å². The van der Waals surface area contributed by atoms with Gasteiger partial charge in [0.15, 0.2) is 0 Å². The summed E-state index contributed by atoms with van der Waals surface area (Å²) in [7, 11) is 1.73. The average molecular weight is 425 g/mol. The number of hydrogen-bond donors (Lipinski definition) is 2. The molecule has 3 aromatic rings. The van der Waals surface area contributed by atoms with Gasteiger partial charge in [-0.25, -0.2) is 14.2 Å². The van der Waals surface area contributed by atoms with E-state index in [-0.39, 0.29) is 23.1 Å². The standard InChI is InChI=1S/C23H24FN3O4/c1-12-8-16(13(2)25-19-5-4-15(24)10-17(19)23(29)30)20-18(9-12)22(28)27(3)21(26-20)14-6-7-31-11-14/h4-5,8-10,13-14,25H,6-7,11H2,1-3H3,(H,29,30)/t13-,14?/m1/s1. The van der Waals surface area contributed by atoms with E-state index in [1.807, 2.05) is 26.0 Å². The molecule has 2 aromatic carbocycles. The first kappa shape index (κ1) is 21.0. The van der Waals surface area contributed by atoms with Crippen LogP contribution in [0.1, 0.15) is 52.6 Å². The largest absolute Gasteiger partial charge is 0.478 e. The lowest BCUT2D eigenvalue weighted by molar-refractivity contribution is 0.0697. The van der Waals surface area contributed by atoms with Crippen LogP contribution < -0.4 is 10.9 Å². The van der Waals surface area contributed by atoms with Crippen molar-refractivity contribution in [1.29, 1.82) is 0 Å². The molecule has 7 nitrogen and oxygen atoms in total. The smallest absolute Gasteiger partial charge is 0.337 e. The van der Waals surface area contributed by atoms with Crippen LogP contribution in [0.15, 0.2) is 35.1 Å². The van der Waals surface area contributed by atoms with Gasteiger partial charge in [0, 0.05) is 30.8 Å². The van der Waals surface area contributed by atoms with Gasteiger partial charge in [-0.3, -0.25) is 9.36 Å². The Morgan fingerprint density at radius 3 is 2.81 bits per heavy atom. The molecule has 2 heterocycles. The Morgan fingerprint density at radius 1 is 1.35 bits per heavy atom. The number of aromatic carboxylic acids is 1. The van der Waals surface area contributed by atoms with Crippen LogP contribution in [0.25, 0.3) is 10.9 Å². The summed E-state index contributed by atoms with van der Waals surface area (Å²) in [6.45, 7) is 4.92. The Balaban J connectivity index is 1.83. The summed E-state index contributed by atoms with van der Waals surface area (Å²) in [6, 6.07) is 6.97. The van der Waals surface area contributed by atoms with E-state index in [1.165, 1.54) is 12.1 Å². The average Bonchev–Trinajstić information content (AvgIpc) is 3.26. The molecule has 1 saturated heterocycles. The molecule has 31 heavy (non-hydrogen) atoms.